The zero-order chi connectivity index (χ0) is 19.9. The molecule has 28 heavy (non-hydrogen) atoms. The maximum Gasteiger partial charge on any atom is 0.280 e. The summed E-state index contributed by atoms with van der Waals surface area (Å²) in [6, 6.07) is 17.4. The van der Waals surface area contributed by atoms with E-state index in [4.69, 9.17) is 0 Å². The Hall–Kier alpha value is -2.97. The van der Waals surface area contributed by atoms with E-state index in [0.717, 1.165) is 20.5 Å². The van der Waals surface area contributed by atoms with Crippen molar-refractivity contribution in [1.82, 2.24) is 9.66 Å². The van der Waals surface area contributed by atoms with Crippen molar-refractivity contribution in [1.29, 1.82) is 0 Å². The quantitative estimate of drug-likeness (QED) is 0.556. The fourth-order valence-corrected chi connectivity index (χ4v) is 4.83. The predicted molar refractivity (Wildman–Crippen MR) is 112 cm³/mol. The Morgan fingerprint density at radius 1 is 0.964 bits per heavy atom. The number of nitrogens with one attached hydrogen (secondary N) is 1. The number of nitrogens with zero attached hydrogens (tertiary/aromatic N) is 2. The van der Waals surface area contributed by atoms with Gasteiger partial charge in [0.1, 0.15) is 5.01 Å². The molecule has 4 rings (SSSR count). The van der Waals surface area contributed by atoms with Gasteiger partial charge >= 0.3 is 0 Å². The van der Waals surface area contributed by atoms with Crippen molar-refractivity contribution in [3.05, 3.63) is 82.3 Å². The molecule has 0 aliphatic heterocycles. The summed E-state index contributed by atoms with van der Waals surface area (Å²) >= 11 is 1.39. The van der Waals surface area contributed by atoms with Gasteiger partial charge in [0.2, 0.25) is 0 Å². The number of fused-ring (bicyclic) bond motifs is 1. The Balaban J connectivity index is 1.79. The van der Waals surface area contributed by atoms with Crippen LogP contribution in [0.5, 0.6) is 0 Å². The van der Waals surface area contributed by atoms with Gasteiger partial charge in [-0.25, -0.2) is 14.5 Å². The first-order valence-electron chi connectivity index (χ1n) is 8.53. The summed E-state index contributed by atoms with van der Waals surface area (Å²) in [6.07, 6.45) is 0. The van der Waals surface area contributed by atoms with E-state index in [-0.39, 0.29) is 4.90 Å². The predicted octanol–water partition coefficient (Wildman–Crippen LogP) is 3.67. The van der Waals surface area contributed by atoms with Crippen LogP contribution in [0.25, 0.3) is 20.8 Å². The number of rotatable bonds is 4. The molecule has 0 unspecified atom stereocenters. The van der Waals surface area contributed by atoms with Gasteiger partial charge in [0.25, 0.3) is 15.6 Å². The van der Waals surface area contributed by atoms with Crippen LogP contribution in [0.1, 0.15) is 11.3 Å². The van der Waals surface area contributed by atoms with E-state index in [1.807, 2.05) is 31.2 Å². The number of thiazole rings is 1. The van der Waals surface area contributed by atoms with Gasteiger partial charge in [-0.2, -0.15) is 8.42 Å². The Bertz CT molecular complexity index is 1300. The molecule has 0 bridgehead atoms. The molecule has 0 fully saturated rings. The molecule has 0 aliphatic carbocycles. The van der Waals surface area contributed by atoms with Crippen molar-refractivity contribution in [2.75, 3.05) is 4.83 Å². The average Bonchev–Trinajstić information content (AvgIpc) is 3.09. The van der Waals surface area contributed by atoms with E-state index in [9.17, 15) is 13.2 Å². The highest BCUT2D eigenvalue weighted by Gasteiger charge is 2.18. The molecule has 2 aromatic heterocycles. The Morgan fingerprint density at radius 2 is 1.68 bits per heavy atom. The normalized spacial score (nSPS) is 11.6. The number of aryl methyl sites for hydroxylation is 2. The highest BCUT2D eigenvalue weighted by atomic mass is 32.2. The maximum absolute atomic E-state index is 13.0. The number of pyridine rings is 1. The summed E-state index contributed by atoms with van der Waals surface area (Å²) < 4.78 is 27.5. The molecule has 0 spiro atoms. The first kappa shape index (κ1) is 18.4. The van der Waals surface area contributed by atoms with Crippen LogP contribution >= 0.6 is 11.3 Å². The molecular weight excluding hydrogens is 394 g/mol. The zero-order valence-corrected chi connectivity index (χ0v) is 16.8. The molecule has 0 amide bonds. The summed E-state index contributed by atoms with van der Waals surface area (Å²) in [5.74, 6) is 0. The Labute approximate surface area is 166 Å². The van der Waals surface area contributed by atoms with Crippen LogP contribution in [-0.2, 0) is 10.0 Å². The largest absolute Gasteiger partial charge is 0.280 e. The molecule has 8 heteroatoms. The molecule has 1 N–H and O–H groups in total. The van der Waals surface area contributed by atoms with Crippen LogP contribution in [0.3, 0.4) is 0 Å². The van der Waals surface area contributed by atoms with Crippen LogP contribution in [0, 0.1) is 13.8 Å². The van der Waals surface area contributed by atoms with Crippen molar-refractivity contribution >= 4 is 31.6 Å². The van der Waals surface area contributed by atoms with E-state index in [1.54, 1.807) is 31.2 Å². The van der Waals surface area contributed by atoms with E-state index >= 15 is 0 Å². The third kappa shape index (κ3) is 3.32. The standard InChI is InChI=1S/C20H17N3O3S2/c1-13-7-10-15(11-8-13)28(25,26)22-23-14(2)9-12-16(20(23)24)19-21-17-5-3-4-6-18(17)27-19/h3-12,22H,1-2H3. The number of aromatic nitrogens is 2. The summed E-state index contributed by atoms with van der Waals surface area (Å²) in [7, 11) is -3.90. The second-order valence-corrected chi connectivity index (χ2v) is 9.11. The number of hydrogen-bond donors (Lipinski definition) is 1. The summed E-state index contributed by atoms with van der Waals surface area (Å²) in [6.45, 7) is 3.54. The van der Waals surface area contributed by atoms with Gasteiger partial charge < -0.3 is 0 Å². The van der Waals surface area contributed by atoms with Gasteiger partial charge in [-0.1, -0.05) is 29.8 Å². The van der Waals surface area contributed by atoms with E-state index < -0.39 is 15.6 Å². The van der Waals surface area contributed by atoms with Crippen LogP contribution in [0.2, 0.25) is 0 Å². The third-order valence-corrected chi connectivity index (χ3v) is 6.73. The monoisotopic (exact) mass is 411 g/mol. The van der Waals surface area contributed by atoms with E-state index in [1.165, 1.54) is 23.5 Å². The van der Waals surface area contributed by atoms with E-state index in [2.05, 4.69) is 9.82 Å². The lowest BCUT2D eigenvalue weighted by Gasteiger charge is -2.14. The van der Waals surface area contributed by atoms with Crippen molar-refractivity contribution in [2.24, 2.45) is 0 Å². The van der Waals surface area contributed by atoms with Crippen LogP contribution in [0.4, 0.5) is 0 Å². The highest BCUT2D eigenvalue weighted by Crippen LogP contribution is 2.28. The van der Waals surface area contributed by atoms with Crippen LogP contribution < -0.4 is 10.4 Å². The number of sulfonamides is 1. The van der Waals surface area contributed by atoms with Gasteiger partial charge in [0.05, 0.1) is 20.7 Å². The average molecular weight is 412 g/mol. The molecule has 142 valence electrons. The van der Waals surface area contributed by atoms with Gasteiger partial charge in [0.15, 0.2) is 0 Å². The maximum atomic E-state index is 13.0. The topological polar surface area (TPSA) is 81.1 Å². The summed E-state index contributed by atoms with van der Waals surface area (Å²) in [5.41, 5.74) is 2.11. The molecule has 0 radical (unpaired) electrons. The zero-order valence-electron chi connectivity index (χ0n) is 15.2. The Kier molecular flexibility index (Phi) is 4.52. The molecule has 2 heterocycles. The molecule has 6 nitrogen and oxygen atoms in total. The van der Waals surface area contributed by atoms with Crippen molar-refractivity contribution < 1.29 is 8.42 Å². The van der Waals surface area contributed by atoms with Gasteiger partial charge in [-0.15, -0.1) is 11.3 Å². The van der Waals surface area contributed by atoms with Gasteiger partial charge in [-0.3, -0.25) is 4.79 Å². The minimum atomic E-state index is -3.90. The number of hydrogen-bond acceptors (Lipinski definition) is 5. The number of benzene rings is 2. The van der Waals surface area contributed by atoms with E-state index in [0.29, 0.717) is 16.3 Å². The first-order valence-corrected chi connectivity index (χ1v) is 10.8. The minimum absolute atomic E-state index is 0.0924. The second-order valence-electron chi connectivity index (χ2n) is 6.42. The molecule has 0 saturated carbocycles. The van der Waals surface area contributed by atoms with Gasteiger partial charge in [0, 0.05) is 5.69 Å². The lowest BCUT2D eigenvalue weighted by molar-refractivity contribution is 0.593. The van der Waals surface area contributed by atoms with Crippen molar-refractivity contribution in [3.8, 4) is 10.6 Å². The molecule has 0 atom stereocenters. The number of para-hydroxylation sites is 1. The highest BCUT2D eigenvalue weighted by molar-refractivity contribution is 7.92. The first-order chi connectivity index (χ1) is 13.3. The van der Waals surface area contributed by atoms with Crippen molar-refractivity contribution in [3.63, 3.8) is 0 Å². The SMILES string of the molecule is Cc1ccc(S(=O)(=O)Nn2c(C)ccc(-c3nc4ccccc4s3)c2=O)cc1. The summed E-state index contributed by atoms with van der Waals surface area (Å²) in [5, 5.41) is 0.550. The smallest absolute Gasteiger partial charge is 0.267 e. The fourth-order valence-electron chi connectivity index (χ4n) is 2.78. The molecule has 2 aromatic carbocycles. The lowest BCUT2D eigenvalue weighted by atomic mass is 10.2. The molecule has 0 saturated heterocycles. The minimum Gasteiger partial charge on any atom is -0.267 e. The van der Waals surface area contributed by atoms with Crippen LogP contribution in [0.15, 0.2) is 70.4 Å². The fraction of sp³-hybridized carbons (Fsp3) is 0.100. The Morgan fingerprint density at radius 3 is 2.39 bits per heavy atom. The lowest BCUT2D eigenvalue weighted by Crippen LogP contribution is -2.35. The molecule has 4 aromatic rings. The van der Waals surface area contributed by atoms with Crippen LogP contribution in [-0.4, -0.2) is 18.1 Å². The summed E-state index contributed by atoms with van der Waals surface area (Å²) in [4.78, 5) is 20.0. The molecular formula is C20H17N3O3S2. The van der Waals surface area contributed by atoms with Crippen molar-refractivity contribution in [2.45, 2.75) is 18.7 Å². The second kappa shape index (κ2) is 6.88. The molecule has 0 aliphatic rings. The third-order valence-electron chi connectivity index (χ3n) is 4.34. The van der Waals surface area contributed by atoms with Gasteiger partial charge in [-0.05, 0) is 50.2 Å².